The average molecular weight is 230 g/mol. The first kappa shape index (κ1) is 12.2. The molecule has 0 spiro atoms. The first-order chi connectivity index (χ1) is 7.20. The third kappa shape index (κ3) is 4.93. The van der Waals surface area contributed by atoms with E-state index in [4.69, 9.17) is 0 Å². The van der Waals surface area contributed by atoms with Crippen molar-refractivity contribution < 1.29 is 13.6 Å². The van der Waals surface area contributed by atoms with Crippen LogP contribution >= 0.6 is 11.8 Å². The van der Waals surface area contributed by atoms with Crippen LogP contribution in [0.1, 0.15) is 23.2 Å². The highest BCUT2D eigenvalue weighted by Gasteiger charge is 2.06. The van der Waals surface area contributed by atoms with Gasteiger partial charge in [-0.3, -0.25) is 4.79 Å². The third-order valence-electron chi connectivity index (χ3n) is 1.81. The lowest BCUT2D eigenvalue weighted by Crippen LogP contribution is -1.96. The van der Waals surface area contributed by atoms with Crippen LogP contribution in [0.3, 0.4) is 0 Å². The zero-order chi connectivity index (χ0) is 11.1. The van der Waals surface area contributed by atoms with E-state index >= 15 is 0 Å². The molecule has 0 aliphatic heterocycles. The van der Waals surface area contributed by atoms with E-state index < -0.39 is 6.43 Å². The summed E-state index contributed by atoms with van der Waals surface area (Å²) in [5, 5.41) is -0.0510. The van der Waals surface area contributed by atoms with Crippen LogP contribution in [-0.2, 0) is 0 Å². The predicted octanol–water partition coefficient (Wildman–Crippen LogP) is 3.61. The molecule has 0 aromatic heterocycles. The Hall–Kier alpha value is -0.900. The third-order valence-corrected chi connectivity index (χ3v) is 2.80. The molecule has 1 aromatic rings. The van der Waals surface area contributed by atoms with Gasteiger partial charge in [0, 0.05) is 17.7 Å². The molecule has 15 heavy (non-hydrogen) atoms. The van der Waals surface area contributed by atoms with Crippen molar-refractivity contribution in [1.29, 1.82) is 0 Å². The largest absolute Gasteiger partial charge is 0.282 e. The van der Waals surface area contributed by atoms with Gasteiger partial charge in [0.25, 0.3) is 0 Å². The number of hydrogen-bond donors (Lipinski definition) is 0. The number of rotatable bonds is 5. The topological polar surface area (TPSA) is 17.1 Å². The second-order valence-corrected chi connectivity index (χ2v) is 4.10. The molecule has 0 N–H and O–H groups in total. The van der Waals surface area contributed by atoms with E-state index in [2.05, 4.69) is 0 Å². The van der Waals surface area contributed by atoms with E-state index in [-0.39, 0.29) is 11.5 Å². The second kappa shape index (κ2) is 6.56. The first-order valence-electron chi connectivity index (χ1n) is 4.70. The van der Waals surface area contributed by atoms with E-state index in [1.165, 1.54) is 0 Å². The van der Waals surface area contributed by atoms with Crippen molar-refractivity contribution >= 4 is 16.9 Å². The van der Waals surface area contributed by atoms with Crippen LogP contribution in [0.15, 0.2) is 30.3 Å². The minimum atomic E-state index is -2.27. The van der Waals surface area contributed by atoms with E-state index in [9.17, 15) is 13.6 Å². The van der Waals surface area contributed by atoms with E-state index in [0.717, 1.165) is 11.8 Å². The van der Waals surface area contributed by atoms with Crippen LogP contribution in [-0.4, -0.2) is 17.3 Å². The Bertz CT molecular complexity index is 301. The standard InChI is InChI=1S/C11H12F2OS/c12-10(13)7-4-8-15-11(14)9-5-2-1-3-6-9/h1-3,5-6,10H,4,7-8H2. The molecule has 1 rings (SSSR count). The molecule has 0 aliphatic rings. The van der Waals surface area contributed by atoms with Crippen molar-refractivity contribution in [2.24, 2.45) is 0 Å². The molecule has 1 nitrogen and oxygen atoms in total. The lowest BCUT2D eigenvalue weighted by atomic mass is 10.2. The van der Waals surface area contributed by atoms with Crippen molar-refractivity contribution in [2.75, 3.05) is 5.75 Å². The van der Waals surface area contributed by atoms with Gasteiger partial charge in [-0.25, -0.2) is 8.78 Å². The Morgan fingerprint density at radius 3 is 2.53 bits per heavy atom. The van der Waals surface area contributed by atoms with Crippen LogP contribution in [0.25, 0.3) is 0 Å². The van der Waals surface area contributed by atoms with Crippen molar-refractivity contribution in [3.8, 4) is 0 Å². The van der Waals surface area contributed by atoms with Crippen molar-refractivity contribution in [3.05, 3.63) is 35.9 Å². The summed E-state index contributed by atoms with van der Waals surface area (Å²) in [4.78, 5) is 11.5. The quantitative estimate of drug-likeness (QED) is 0.719. The normalized spacial score (nSPS) is 10.6. The van der Waals surface area contributed by atoms with Crippen molar-refractivity contribution in [2.45, 2.75) is 19.3 Å². The summed E-state index contributed by atoms with van der Waals surface area (Å²) in [6.07, 6.45) is -2.02. The fourth-order valence-corrected chi connectivity index (χ4v) is 1.86. The van der Waals surface area contributed by atoms with Gasteiger partial charge < -0.3 is 0 Å². The summed E-state index contributed by atoms with van der Waals surface area (Å²) in [5.74, 6) is 0.456. The molecule has 0 aliphatic carbocycles. The Morgan fingerprint density at radius 1 is 1.27 bits per heavy atom. The monoisotopic (exact) mass is 230 g/mol. The highest BCUT2D eigenvalue weighted by Crippen LogP contribution is 2.15. The van der Waals surface area contributed by atoms with Crippen LogP contribution in [0.2, 0.25) is 0 Å². The first-order valence-corrected chi connectivity index (χ1v) is 5.69. The maximum absolute atomic E-state index is 11.8. The number of carbonyl (C=O) groups excluding carboxylic acids is 1. The van der Waals surface area contributed by atoms with E-state index in [1.54, 1.807) is 24.3 Å². The fourth-order valence-electron chi connectivity index (χ4n) is 1.06. The molecular weight excluding hydrogens is 218 g/mol. The van der Waals surface area contributed by atoms with E-state index in [0.29, 0.717) is 17.7 Å². The van der Waals surface area contributed by atoms with Gasteiger partial charge in [-0.05, 0) is 6.42 Å². The minimum absolute atomic E-state index is 0.0510. The van der Waals surface area contributed by atoms with Crippen LogP contribution in [0.4, 0.5) is 8.78 Å². The van der Waals surface area contributed by atoms with Gasteiger partial charge >= 0.3 is 0 Å². The molecule has 0 atom stereocenters. The minimum Gasteiger partial charge on any atom is -0.282 e. The van der Waals surface area contributed by atoms with Gasteiger partial charge in [0.15, 0.2) is 0 Å². The average Bonchev–Trinajstić information content (AvgIpc) is 2.25. The predicted molar refractivity (Wildman–Crippen MR) is 58.5 cm³/mol. The maximum Gasteiger partial charge on any atom is 0.238 e. The number of alkyl halides is 2. The Balaban J connectivity index is 2.25. The molecule has 82 valence electrons. The Kier molecular flexibility index (Phi) is 5.32. The Morgan fingerprint density at radius 2 is 1.93 bits per heavy atom. The highest BCUT2D eigenvalue weighted by molar-refractivity contribution is 8.14. The number of halogens is 2. The smallest absolute Gasteiger partial charge is 0.238 e. The SMILES string of the molecule is O=C(SCCCC(F)F)c1ccccc1. The molecule has 0 amide bonds. The van der Waals surface area contributed by atoms with Gasteiger partial charge in [-0.2, -0.15) is 0 Å². The summed E-state index contributed by atoms with van der Waals surface area (Å²) < 4.78 is 23.6. The molecular formula is C11H12F2OS. The van der Waals surface area contributed by atoms with Gasteiger partial charge in [0.2, 0.25) is 11.5 Å². The molecule has 0 bridgehead atoms. The van der Waals surface area contributed by atoms with Crippen molar-refractivity contribution in [1.82, 2.24) is 0 Å². The fraction of sp³-hybridized carbons (Fsp3) is 0.364. The van der Waals surface area contributed by atoms with E-state index in [1.807, 2.05) is 6.07 Å². The molecule has 0 saturated carbocycles. The number of thioether (sulfide) groups is 1. The zero-order valence-electron chi connectivity index (χ0n) is 8.16. The number of carbonyl (C=O) groups is 1. The molecule has 0 fully saturated rings. The summed E-state index contributed by atoms with van der Waals surface area (Å²) in [5.41, 5.74) is 0.625. The van der Waals surface area contributed by atoms with Gasteiger partial charge in [0.1, 0.15) is 0 Å². The van der Waals surface area contributed by atoms with Crippen molar-refractivity contribution in [3.63, 3.8) is 0 Å². The van der Waals surface area contributed by atoms with Gasteiger partial charge in [-0.1, -0.05) is 42.1 Å². The summed E-state index contributed by atoms with van der Waals surface area (Å²) in [6.45, 7) is 0. The van der Waals surface area contributed by atoms with Gasteiger partial charge in [0.05, 0.1) is 0 Å². The second-order valence-electron chi connectivity index (χ2n) is 3.04. The molecule has 1 aromatic carbocycles. The summed E-state index contributed by atoms with van der Waals surface area (Å²) in [6, 6.07) is 8.85. The Labute approximate surface area is 91.9 Å². The lowest BCUT2D eigenvalue weighted by Gasteiger charge is -2.00. The molecule has 0 unspecified atom stereocenters. The number of benzene rings is 1. The highest BCUT2D eigenvalue weighted by atomic mass is 32.2. The number of hydrogen-bond acceptors (Lipinski definition) is 2. The van der Waals surface area contributed by atoms with Crippen LogP contribution in [0, 0.1) is 0 Å². The maximum atomic E-state index is 11.8. The molecule has 4 heteroatoms. The summed E-state index contributed by atoms with van der Waals surface area (Å²) in [7, 11) is 0. The molecule has 0 saturated heterocycles. The van der Waals surface area contributed by atoms with Crippen LogP contribution < -0.4 is 0 Å². The summed E-state index contributed by atoms with van der Waals surface area (Å²) >= 11 is 1.10. The molecule has 0 radical (unpaired) electrons. The molecule has 0 heterocycles. The lowest BCUT2D eigenvalue weighted by molar-refractivity contribution is 0.108. The van der Waals surface area contributed by atoms with Crippen LogP contribution in [0.5, 0.6) is 0 Å². The zero-order valence-corrected chi connectivity index (χ0v) is 8.97. The van der Waals surface area contributed by atoms with Gasteiger partial charge in [-0.15, -0.1) is 0 Å².